The van der Waals surface area contributed by atoms with Crippen LogP contribution in [0.2, 0.25) is 0 Å². The van der Waals surface area contributed by atoms with E-state index in [4.69, 9.17) is 5.73 Å². The van der Waals surface area contributed by atoms with Crippen LogP contribution in [0.1, 0.15) is 19.8 Å². The zero-order valence-corrected chi connectivity index (χ0v) is 5.85. The molecule has 0 atom stereocenters. The number of nitrogens with two attached hydrogens (primary N) is 1. The molecule has 0 spiro atoms. The third kappa shape index (κ3) is 5.00. The van der Waals surface area contributed by atoms with Gasteiger partial charge in [0.1, 0.15) is 0 Å². The number of hydrogen-bond donors (Lipinski definition) is 1. The molecule has 0 aliphatic rings. The van der Waals surface area contributed by atoms with Crippen LogP contribution in [-0.2, 0) is 4.79 Å². The molecule has 0 unspecified atom stereocenters. The molecule has 3 heteroatoms. The summed E-state index contributed by atoms with van der Waals surface area (Å²) < 4.78 is 0. The van der Waals surface area contributed by atoms with Gasteiger partial charge in [-0.15, -0.1) is 0 Å². The molecule has 3 nitrogen and oxygen atoms in total. The number of amides is 1. The van der Waals surface area contributed by atoms with Crippen molar-refractivity contribution in [1.29, 1.82) is 0 Å². The molecule has 2 N–H and O–H groups in total. The Balaban J connectivity index is 3.39. The van der Waals surface area contributed by atoms with Crippen LogP contribution in [-0.4, -0.2) is 18.7 Å². The Morgan fingerprint density at radius 1 is 1.56 bits per heavy atom. The molecule has 0 aliphatic carbocycles. The average molecular weight is 128 g/mol. The molecular formula is C6H12N2O. The van der Waals surface area contributed by atoms with Crippen LogP contribution in [0, 0.1) is 0 Å². The summed E-state index contributed by atoms with van der Waals surface area (Å²) in [6.07, 6.45) is 1.09. The second-order valence-electron chi connectivity index (χ2n) is 1.93. The van der Waals surface area contributed by atoms with E-state index in [-0.39, 0.29) is 5.91 Å². The number of nitrogens with zero attached hydrogens (tertiary/aromatic N) is 1. The third-order valence-electron chi connectivity index (χ3n) is 1.11. The van der Waals surface area contributed by atoms with Crippen LogP contribution >= 0.6 is 0 Å². The first-order chi connectivity index (χ1) is 4.16. The number of rotatable bonds is 3. The Hall–Kier alpha value is -0.860. The van der Waals surface area contributed by atoms with E-state index in [0.29, 0.717) is 12.8 Å². The van der Waals surface area contributed by atoms with Crippen molar-refractivity contribution in [3.63, 3.8) is 0 Å². The summed E-state index contributed by atoms with van der Waals surface area (Å²) >= 11 is 0. The van der Waals surface area contributed by atoms with Crippen LogP contribution in [0.4, 0.5) is 0 Å². The summed E-state index contributed by atoms with van der Waals surface area (Å²) in [5, 5.41) is 0. The summed E-state index contributed by atoms with van der Waals surface area (Å²) in [5.41, 5.74) is 5.87. The summed E-state index contributed by atoms with van der Waals surface area (Å²) in [6, 6.07) is 0. The second kappa shape index (κ2) is 4.06. The van der Waals surface area contributed by atoms with Crippen molar-refractivity contribution < 1.29 is 4.79 Å². The van der Waals surface area contributed by atoms with E-state index >= 15 is 0 Å². The van der Waals surface area contributed by atoms with Gasteiger partial charge in [-0.1, -0.05) is 0 Å². The Labute approximate surface area is 55.0 Å². The molecule has 1 amide bonds. The molecular weight excluding hydrogens is 116 g/mol. The molecule has 0 radical (unpaired) electrons. The molecule has 0 aromatic carbocycles. The zero-order valence-electron chi connectivity index (χ0n) is 5.85. The lowest BCUT2D eigenvalue weighted by atomic mass is 10.2. The standard InChI is InChI=1S/C6H12N2O/c1-5(8-2)3-4-6(7)9/h3-4H2,1-2H3,(H2,7,9)/b8-5-. The number of carbonyl (C=O) groups is 1. The maximum atomic E-state index is 10.2. The van der Waals surface area contributed by atoms with Crippen molar-refractivity contribution in [2.75, 3.05) is 7.05 Å². The van der Waals surface area contributed by atoms with Gasteiger partial charge in [-0.2, -0.15) is 0 Å². The molecule has 52 valence electrons. The van der Waals surface area contributed by atoms with Crippen LogP contribution < -0.4 is 5.73 Å². The van der Waals surface area contributed by atoms with Gasteiger partial charge in [0.15, 0.2) is 0 Å². The van der Waals surface area contributed by atoms with E-state index < -0.39 is 0 Å². The topological polar surface area (TPSA) is 55.4 Å². The largest absolute Gasteiger partial charge is 0.370 e. The maximum Gasteiger partial charge on any atom is 0.217 e. The Kier molecular flexibility index (Phi) is 3.67. The number of carbonyl (C=O) groups excluding carboxylic acids is 1. The first kappa shape index (κ1) is 8.14. The van der Waals surface area contributed by atoms with E-state index in [1.165, 1.54) is 0 Å². The van der Waals surface area contributed by atoms with Crippen LogP contribution in [0.15, 0.2) is 4.99 Å². The fourth-order valence-corrected chi connectivity index (χ4v) is 0.416. The van der Waals surface area contributed by atoms with Gasteiger partial charge >= 0.3 is 0 Å². The molecule has 0 aliphatic heterocycles. The highest BCUT2D eigenvalue weighted by Crippen LogP contribution is 1.89. The van der Waals surface area contributed by atoms with Crippen molar-refractivity contribution in [2.24, 2.45) is 10.7 Å². The minimum atomic E-state index is -0.266. The van der Waals surface area contributed by atoms with E-state index in [2.05, 4.69) is 4.99 Å². The van der Waals surface area contributed by atoms with Crippen LogP contribution in [0.25, 0.3) is 0 Å². The molecule has 0 saturated carbocycles. The smallest absolute Gasteiger partial charge is 0.217 e. The zero-order chi connectivity index (χ0) is 7.28. The lowest BCUT2D eigenvalue weighted by Crippen LogP contribution is -2.11. The van der Waals surface area contributed by atoms with Gasteiger partial charge in [-0.05, 0) is 13.3 Å². The van der Waals surface area contributed by atoms with Crippen molar-refractivity contribution in [3.8, 4) is 0 Å². The van der Waals surface area contributed by atoms with Gasteiger partial charge in [0.25, 0.3) is 0 Å². The number of primary amides is 1. The monoisotopic (exact) mass is 128 g/mol. The lowest BCUT2D eigenvalue weighted by molar-refractivity contribution is -0.117. The minimum absolute atomic E-state index is 0.266. The fourth-order valence-electron chi connectivity index (χ4n) is 0.416. The number of aliphatic imine (C=N–C) groups is 1. The van der Waals surface area contributed by atoms with E-state index in [1.54, 1.807) is 7.05 Å². The lowest BCUT2D eigenvalue weighted by Gasteiger charge is -1.93. The van der Waals surface area contributed by atoms with Crippen LogP contribution in [0.3, 0.4) is 0 Å². The maximum absolute atomic E-state index is 10.2. The predicted octanol–water partition coefficient (Wildman–Crippen LogP) is 0.343. The first-order valence-corrected chi connectivity index (χ1v) is 2.87. The highest BCUT2D eigenvalue weighted by molar-refractivity contribution is 5.86. The van der Waals surface area contributed by atoms with Gasteiger partial charge < -0.3 is 5.73 Å². The molecule has 0 fully saturated rings. The highest BCUT2D eigenvalue weighted by atomic mass is 16.1. The first-order valence-electron chi connectivity index (χ1n) is 2.87. The van der Waals surface area contributed by atoms with Crippen molar-refractivity contribution in [3.05, 3.63) is 0 Å². The summed E-state index contributed by atoms with van der Waals surface area (Å²) in [4.78, 5) is 14.1. The molecule has 9 heavy (non-hydrogen) atoms. The summed E-state index contributed by atoms with van der Waals surface area (Å²) in [6.45, 7) is 1.88. The van der Waals surface area contributed by atoms with Crippen LogP contribution in [0.5, 0.6) is 0 Å². The fraction of sp³-hybridized carbons (Fsp3) is 0.667. The molecule has 0 aromatic heterocycles. The molecule has 0 bridgehead atoms. The van der Waals surface area contributed by atoms with Gasteiger partial charge in [0.2, 0.25) is 5.91 Å². The summed E-state index contributed by atoms with van der Waals surface area (Å²) in [7, 11) is 1.70. The molecule has 0 heterocycles. The molecule has 0 saturated heterocycles. The predicted molar refractivity (Wildman–Crippen MR) is 37.5 cm³/mol. The Bertz CT molecular complexity index is 129. The highest BCUT2D eigenvalue weighted by Gasteiger charge is 1.94. The van der Waals surface area contributed by atoms with E-state index in [0.717, 1.165) is 5.71 Å². The van der Waals surface area contributed by atoms with Crippen molar-refractivity contribution >= 4 is 11.6 Å². The normalized spacial score (nSPS) is 11.6. The molecule has 0 aromatic rings. The van der Waals surface area contributed by atoms with Crippen molar-refractivity contribution in [1.82, 2.24) is 0 Å². The second-order valence-corrected chi connectivity index (χ2v) is 1.93. The average Bonchev–Trinajstić information content (AvgIpc) is 1.83. The van der Waals surface area contributed by atoms with E-state index in [1.807, 2.05) is 6.92 Å². The number of hydrogen-bond acceptors (Lipinski definition) is 2. The van der Waals surface area contributed by atoms with Gasteiger partial charge in [-0.25, -0.2) is 0 Å². The minimum Gasteiger partial charge on any atom is -0.370 e. The Morgan fingerprint density at radius 2 is 2.11 bits per heavy atom. The summed E-state index contributed by atoms with van der Waals surface area (Å²) in [5.74, 6) is -0.266. The quantitative estimate of drug-likeness (QED) is 0.547. The van der Waals surface area contributed by atoms with Gasteiger partial charge in [0.05, 0.1) is 0 Å². The van der Waals surface area contributed by atoms with Gasteiger partial charge in [0, 0.05) is 19.2 Å². The Morgan fingerprint density at radius 3 is 2.44 bits per heavy atom. The SMILES string of the molecule is C/N=C(/C)CCC(N)=O. The molecule has 0 rings (SSSR count). The van der Waals surface area contributed by atoms with Gasteiger partial charge in [-0.3, -0.25) is 9.79 Å². The van der Waals surface area contributed by atoms with E-state index in [9.17, 15) is 4.79 Å². The van der Waals surface area contributed by atoms with Crippen molar-refractivity contribution in [2.45, 2.75) is 19.8 Å². The third-order valence-corrected chi connectivity index (χ3v) is 1.11.